The minimum Gasteiger partial charge on any atom is -0.445 e. The van der Waals surface area contributed by atoms with E-state index in [9.17, 15) is 43.5 Å². The van der Waals surface area contributed by atoms with Crippen molar-refractivity contribution in [2.45, 2.75) is 27.0 Å². The van der Waals surface area contributed by atoms with Gasteiger partial charge >= 0.3 is 19.3 Å². The molecule has 4 rings (SSSR count). The first-order valence-electron chi connectivity index (χ1n) is 12.0. The highest BCUT2D eigenvalue weighted by molar-refractivity contribution is 8.03. The molecule has 0 aliphatic rings. The summed E-state index contributed by atoms with van der Waals surface area (Å²) in [7, 11) is -2.83. The first-order valence-corrected chi connectivity index (χ1v) is 13.5. The van der Waals surface area contributed by atoms with Crippen LogP contribution in [0.2, 0.25) is 0 Å². The first-order chi connectivity index (χ1) is 20.4. The van der Waals surface area contributed by atoms with E-state index in [0.717, 1.165) is 0 Å². The number of nitrogens with zero attached hydrogens (tertiary/aromatic N) is 3. The number of halogens is 9. The minimum absolute atomic E-state index is 0.338. The normalized spacial score (nSPS) is 11.8. The quantitative estimate of drug-likeness (QED) is 0.129. The number of alkyl halides is 6. The van der Waals surface area contributed by atoms with Crippen LogP contribution < -0.4 is 5.46 Å². The lowest BCUT2D eigenvalue weighted by atomic mass is 9.78. The Hall–Kier alpha value is -5.07. The lowest BCUT2D eigenvalue weighted by Gasteiger charge is -2.19. The van der Waals surface area contributed by atoms with Crippen LogP contribution in [0.1, 0.15) is 27.8 Å². The molecule has 0 saturated carbocycles. The molecule has 4 aromatic carbocycles. The average Bonchev–Trinajstić information content (AvgIpc) is 2.99. The highest BCUT2D eigenvalue weighted by Gasteiger charge is 2.40. The van der Waals surface area contributed by atoms with Gasteiger partial charge in [0.05, 0.1) is 46.0 Å². The molecule has 224 valence electrons. The van der Waals surface area contributed by atoms with E-state index in [0.29, 0.717) is 31.4 Å². The second kappa shape index (κ2) is 12.7. The van der Waals surface area contributed by atoms with Gasteiger partial charge in [-0.1, -0.05) is 16.3 Å². The van der Waals surface area contributed by atoms with Gasteiger partial charge in [0.1, 0.15) is 0 Å². The van der Waals surface area contributed by atoms with Gasteiger partial charge in [-0.15, -0.1) is 5.46 Å². The van der Waals surface area contributed by atoms with E-state index in [2.05, 4.69) is 18.2 Å². The molecule has 0 saturated heterocycles. The van der Waals surface area contributed by atoms with Crippen molar-refractivity contribution in [2.24, 2.45) is 0 Å². The largest absolute Gasteiger partial charge is 0.509 e. The zero-order chi connectivity index (χ0) is 32.9. The summed E-state index contributed by atoms with van der Waals surface area (Å²) in [6.07, 6.45) is -10.6. The Balaban J connectivity index is 0.000000259. The lowest BCUT2D eigenvalue weighted by molar-refractivity contribution is -0.142. The third-order valence-electron chi connectivity index (χ3n) is 5.93. The summed E-state index contributed by atoms with van der Waals surface area (Å²) in [6.45, 7) is -5.95. The van der Waals surface area contributed by atoms with Crippen LogP contribution in [0, 0.1) is 34.0 Å². The van der Waals surface area contributed by atoms with Crippen molar-refractivity contribution in [3.05, 3.63) is 119 Å². The van der Waals surface area contributed by atoms with Crippen molar-refractivity contribution >= 4 is 22.4 Å². The second-order valence-electron chi connectivity index (χ2n) is 8.88. The minimum atomic E-state index is -5.95. The average molecular weight is 635 g/mol. The van der Waals surface area contributed by atoms with Crippen LogP contribution >= 0.6 is 0 Å². The second-order valence-corrected chi connectivity index (χ2v) is 11.4. The molecule has 0 N–H and O–H groups in total. The van der Waals surface area contributed by atoms with Gasteiger partial charge in [0, 0.05) is 0 Å². The van der Waals surface area contributed by atoms with Gasteiger partial charge in [0.2, 0.25) is 0 Å². The molecule has 0 aromatic heterocycles. The number of hydrogen-bond donors (Lipinski definition) is 0. The smallest absolute Gasteiger partial charge is 0.445 e. The molecule has 0 atom stereocenters. The van der Waals surface area contributed by atoms with Gasteiger partial charge in [-0.05, 0) is 78.9 Å². The van der Waals surface area contributed by atoms with Gasteiger partial charge in [-0.25, -0.2) is 0 Å². The molecule has 0 unspecified atom stereocenters. The third-order valence-corrected chi connectivity index (χ3v) is 8.74. The molecule has 0 aliphatic carbocycles. The Kier molecular flexibility index (Phi) is 9.62. The molecular weight excluding hydrogens is 620 g/mol. The van der Waals surface area contributed by atoms with Crippen molar-refractivity contribution in [3.8, 4) is 18.2 Å². The van der Waals surface area contributed by atoms with Crippen LogP contribution in [0.25, 0.3) is 0 Å². The Morgan fingerprint density at radius 3 is 1.00 bits per heavy atom. The maximum atomic E-state index is 14.1. The Labute approximate surface area is 245 Å². The molecule has 0 bridgehead atoms. The summed E-state index contributed by atoms with van der Waals surface area (Å²) in [5, 5.41) is 27.0. The van der Waals surface area contributed by atoms with Crippen molar-refractivity contribution < 1.29 is 43.5 Å². The molecule has 0 fully saturated rings. The molecule has 15 heteroatoms. The standard InChI is InChI=1S/C21H12N3OS.C8H3BF9/c22-13-16-1-7-19(8-2-16)26(25,20-9-3-17(14-23)4-10-20)21-11-5-18(15-24)6-12-21;10-7(11,12)4-1-5(8(13,14)15)3-6(2-4)9(16,17)18/h1-12H;1-3H/q+1;-1. The van der Waals surface area contributed by atoms with Crippen molar-refractivity contribution in [1.82, 2.24) is 0 Å². The summed E-state index contributed by atoms with van der Waals surface area (Å²) in [4.78, 5) is 1.68. The first kappa shape index (κ1) is 33.4. The van der Waals surface area contributed by atoms with Crippen molar-refractivity contribution in [1.29, 1.82) is 15.8 Å². The molecule has 4 aromatic rings. The molecule has 0 radical (unpaired) electrons. The topological polar surface area (TPSA) is 88.4 Å². The van der Waals surface area contributed by atoms with Crippen molar-refractivity contribution in [3.63, 3.8) is 0 Å². The molecular formula is C29H15BF9N3OS. The van der Waals surface area contributed by atoms with E-state index in [1.807, 2.05) is 0 Å². The van der Waals surface area contributed by atoms with Crippen LogP contribution in [0.15, 0.2) is 106 Å². The lowest BCUT2D eigenvalue weighted by Crippen LogP contribution is -2.36. The van der Waals surface area contributed by atoms with Crippen LogP contribution in [-0.4, -0.2) is 6.98 Å². The van der Waals surface area contributed by atoms with Crippen LogP contribution in [0.3, 0.4) is 0 Å². The highest BCUT2D eigenvalue weighted by Crippen LogP contribution is 2.37. The summed E-state index contributed by atoms with van der Waals surface area (Å²) in [5.41, 5.74) is -4.45. The Morgan fingerprint density at radius 1 is 0.523 bits per heavy atom. The van der Waals surface area contributed by atoms with Gasteiger partial charge < -0.3 is 12.9 Å². The number of rotatable bonds is 4. The molecule has 44 heavy (non-hydrogen) atoms. The fourth-order valence-corrected chi connectivity index (χ4v) is 6.11. The zero-order valence-electron chi connectivity index (χ0n) is 21.8. The van der Waals surface area contributed by atoms with Crippen molar-refractivity contribution in [2.75, 3.05) is 0 Å². The Morgan fingerprint density at radius 2 is 0.795 bits per heavy atom. The summed E-state index contributed by atoms with van der Waals surface area (Å²) < 4.78 is 124. The SMILES string of the molecule is F[B-](F)(F)c1cc(C(F)(F)F)cc(C(F)(F)F)c1.N#Cc1ccc([S+](=O)(c2ccc(C#N)cc2)c2ccc(C#N)cc2)cc1. The number of hydrogen-bond acceptors (Lipinski definition) is 4. The highest BCUT2D eigenvalue weighted by atomic mass is 32.2. The molecule has 0 amide bonds. The maximum absolute atomic E-state index is 14.1. The summed E-state index contributed by atoms with van der Waals surface area (Å²) in [5.74, 6) is 0. The number of nitriles is 3. The zero-order valence-corrected chi connectivity index (χ0v) is 22.6. The molecule has 0 aliphatic heterocycles. The predicted octanol–water partition coefficient (Wildman–Crippen LogP) is 8.06. The van der Waals surface area contributed by atoms with E-state index in [4.69, 9.17) is 15.8 Å². The maximum Gasteiger partial charge on any atom is 0.509 e. The van der Waals surface area contributed by atoms with E-state index < -0.39 is 45.9 Å². The van der Waals surface area contributed by atoms with Crippen LogP contribution in [0.5, 0.6) is 0 Å². The van der Waals surface area contributed by atoms with E-state index in [1.54, 1.807) is 72.8 Å². The number of benzene rings is 4. The van der Waals surface area contributed by atoms with Crippen LogP contribution in [-0.2, 0) is 26.5 Å². The Bertz CT molecular complexity index is 1590. The van der Waals surface area contributed by atoms with E-state index in [-0.39, 0.29) is 18.2 Å². The van der Waals surface area contributed by atoms with E-state index >= 15 is 0 Å². The fourth-order valence-electron chi connectivity index (χ4n) is 3.74. The molecule has 0 heterocycles. The summed E-state index contributed by atoms with van der Waals surface area (Å²) in [6, 6.07) is 25.0. The molecule has 4 nitrogen and oxygen atoms in total. The van der Waals surface area contributed by atoms with Gasteiger partial charge in [-0.3, -0.25) is 0 Å². The van der Waals surface area contributed by atoms with Gasteiger partial charge in [0.25, 0.3) is 0 Å². The van der Waals surface area contributed by atoms with Crippen LogP contribution in [0.4, 0.5) is 39.3 Å². The molecule has 0 spiro atoms. The third kappa shape index (κ3) is 7.65. The summed E-state index contributed by atoms with van der Waals surface area (Å²) >= 11 is 0. The fraction of sp³-hybridized carbons (Fsp3) is 0.0690. The predicted molar refractivity (Wildman–Crippen MR) is 141 cm³/mol. The van der Waals surface area contributed by atoms with Gasteiger partial charge in [0.15, 0.2) is 24.6 Å². The monoisotopic (exact) mass is 635 g/mol. The van der Waals surface area contributed by atoms with E-state index in [1.165, 1.54) is 0 Å². The van der Waals surface area contributed by atoms with Gasteiger partial charge in [-0.2, -0.15) is 42.1 Å².